The minimum absolute atomic E-state index is 0.230. The topological polar surface area (TPSA) is 41.0 Å². The van der Waals surface area contributed by atoms with Crippen molar-refractivity contribution >= 4 is 45.1 Å². The van der Waals surface area contributed by atoms with Gasteiger partial charge in [-0.15, -0.1) is 0 Å². The molecule has 1 saturated heterocycles. The molecular weight excluding hydrogens is 338 g/mol. The molecule has 0 spiro atoms. The first-order valence-electron chi connectivity index (χ1n) is 6.81. The van der Waals surface area contributed by atoms with Crippen molar-refractivity contribution in [1.29, 1.82) is 0 Å². The summed E-state index contributed by atoms with van der Waals surface area (Å²) in [5.74, 6) is 0.230. The van der Waals surface area contributed by atoms with Gasteiger partial charge in [0.1, 0.15) is 0 Å². The number of aromatic nitrogens is 2. The van der Waals surface area contributed by atoms with Gasteiger partial charge in [-0.1, -0.05) is 15.9 Å². The molecule has 1 fully saturated rings. The van der Waals surface area contributed by atoms with E-state index in [9.17, 15) is 4.79 Å². The van der Waals surface area contributed by atoms with Crippen molar-refractivity contribution in [3.63, 3.8) is 0 Å². The minimum atomic E-state index is 0.230. The first-order chi connectivity index (χ1) is 9.65. The van der Waals surface area contributed by atoms with Crippen molar-refractivity contribution in [2.45, 2.75) is 25.8 Å². The van der Waals surface area contributed by atoms with Crippen LogP contribution in [-0.2, 0) is 11.3 Å². The summed E-state index contributed by atoms with van der Waals surface area (Å²) < 4.78 is 3.69. The highest BCUT2D eigenvalue weighted by atomic mass is 79.9. The Bertz CT molecular complexity index is 700. The summed E-state index contributed by atoms with van der Waals surface area (Å²) in [7, 11) is 0. The highest BCUT2D eigenvalue weighted by molar-refractivity contribution is 9.10. The van der Waals surface area contributed by atoms with E-state index in [1.807, 2.05) is 27.7 Å². The van der Waals surface area contributed by atoms with Gasteiger partial charge in [-0.2, -0.15) is 0 Å². The molecule has 1 amide bonds. The van der Waals surface area contributed by atoms with E-state index in [0.29, 0.717) is 17.7 Å². The maximum Gasteiger partial charge on any atom is 0.224 e. The number of rotatable bonds is 3. The van der Waals surface area contributed by atoms with E-state index in [-0.39, 0.29) is 5.91 Å². The van der Waals surface area contributed by atoms with Crippen molar-refractivity contribution in [2.24, 2.45) is 0 Å². The number of amides is 1. The first-order valence-corrected chi connectivity index (χ1v) is 8.01. The lowest BCUT2D eigenvalue weighted by Gasteiger charge is -2.15. The van der Waals surface area contributed by atoms with E-state index in [1.54, 1.807) is 0 Å². The number of carbonyl (C=O) groups is 1. The lowest BCUT2D eigenvalue weighted by Crippen LogP contribution is -2.28. The molecule has 0 bridgehead atoms. The van der Waals surface area contributed by atoms with Gasteiger partial charge < -0.3 is 14.5 Å². The van der Waals surface area contributed by atoms with Crippen molar-refractivity contribution in [1.82, 2.24) is 14.5 Å². The van der Waals surface area contributed by atoms with Gasteiger partial charge in [-0.25, -0.2) is 0 Å². The lowest BCUT2D eigenvalue weighted by molar-refractivity contribution is -0.130. The van der Waals surface area contributed by atoms with Crippen molar-refractivity contribution < 1.29 is 4.79 Å². The number of benzene rings is 1. The average Bonchev–Trinajstić information content (AvgIpc) is 3.04. The number of likely N-dealkylation sites (tertiary alicyclic amines) is 1. The number of H-pyrrole nitrogens is 1. The molecule has 1 N–H and O–H groups in total. The Morgan fingerprint density at radius 1 is 1.35 bits per heavy atom. The number of imidazole rings is 1. The number of nitrogens with zero attached hydrogens (tertiary/aromatic N) is 2. The van der Waals surface area contributed by atoms with Crippen molar-refractivity contribution in [3.8, 4) is 0 Å². The molecular formula is C14H16BrN3OS. The molecule has 0 aliphatic carbocycles. The summed E-state index contributed by atoms with van der Waals surface area (Å²) in [5, 5.41) is 0. The third-order valence-corrected chi connectivity index (χ3v) is 4.56. The Balaban J connectivity index is 1.80. The monoisotopic (exact) mass is 353 g/mol. The number of hydrogen-bond acceptors (Lipinski definition) is 2. The average molecular weight is 354 g/mol. The molecule has 1 aromatic carbocycles. The largest absolute Gasteiger partial charge is 0.343 e. The summed E-state index contributed by atoms with van der Waals surface area (Å²) >= 11 is 8.82. The molecule has 3 rings (SSSR count). The first kappa shape index (κ1) is 13.8. The number of aromatic amines is 1. The van der Waals surface area contributed by atoms with Gasteiger partial charge in [0.15, 0.2) is 4.77 Å². The molecule has 20 heavy (non-hydrogen) atoms. The molecule has 1 aliphatic heterocycles. The smallest absolute Gasteiger partial charge is 0.224 e. The summed E-state index contributed by atoms with van der Waals surface area (Å²) in [6.45, 7) is 2.44. The predicted octanol–water partition coefficient (Wildman–Crippen LogP) is 3.47. The van der Waals surface area contributed by atoms with E-state index >= 15 is 0 Å². The van der Waals surface area contributed by atoms with Crippen LogP contribution < -0.4 is 0 Å². The number of halogens is 1. The SMILES string of the molecule is O=C(CCn1c(=S)[nH]c2ccc(Br)cc21)N1CCCC1. The molecule has 0 atom stereocenters. The molecule has 4 nitrogen and oxygen atoms in total. The zero-order valence-corrected chi connectivity index (χ0v) is 13.5. The fourth-order valence-electron chi connectivity index (χ4n) is 2.68. The summed E-state index contributed by atoms with van der Waals surface area (Å²) in [4.78, 5) is 17.2. The van der Waals surface area contributed by atoms with Crippen LogP contribution in [0.15, 0.2) is 22.7 Å². The van der Waals surface area contributed by atoms with Crippen LogP contribution in [0.3, 0.4) is 0 Å². The predicted molar refractivity (Wildman–Crippen MR) is 85.3 cm³/mol. The fourth-order valence-corrected chi connectivity index (χ4v) is 3.33. The van der Waals surface area contributed by atoms with E-state index < -0.39 is 0 Å². The van der Waals surface area contributed by atoms with Crippen molar-refractivity contribution in [2.75, 3.05) is 13.1 Å². The van der Waals surface area contributed by atoms with Crippen LogP contribution in [0.5, 0.6) is 0 Å². The molecule has 1 aromatic heterocycles. The maximum atomic E-state index is 12.1. The number of carbonyl (C=O) groups excluding carboxylic acids is 1. The molecule has 106 valence electrons. The van der Waals surface area contributed by atoms with E-state index in [2.05, 4.69) is 20.9 Å². The van der Waals surface area contributed by atoms with Crippen LogP contribution in [-0.4, -0.2) is 33.4 Å². The van der Waals surface area contributed by atoms with Gasteiger partial charge in [-0.05, 0) is 43.3 Å². The molecule has 2 aromatic rings. The highest BCUT2D eigenvalue weighted by Gasteiger charge is 2.17. The molecule has 6 heteroatoms. The number of hydrogen-bond donors (Lipinski definition) is 1. The quantitative estimate of drug-likeness (QED) is 0.858. The summed E-state index contributed by atoms with van der Waals surface area (Å²) in [6.07, 6.45) is 2.77. The Labute approximate surface area is 130 Å². The summed E-state index contributed by atoms with van der Waals surface area (Å²) in [5.41, 5.74) is 2.05. The molecule has 1 aliphatic rings. The van der Waals surface area contributed by atoms with E-state index in [1.165, 1.54) is 0 Å². The van der Waals surface area contributed by atoms with Gasteiger partial charge in [0, 0.05) is 30.5 Å². The third kappa shape index (κ3) is 2.67. The minimum Gasteiger partial charge on any atom is -0.343 e. The van der Waals surface area contributed by atoms with Gasteiger partial charge in [0.05, 0.1) is 11.0 Å². The standard InChI is InChI=1S/C14H16BrN3OS/c15-10-3-4-11-12(9-10)18(14(20)16-11)8-5-13(19)17-6-1-2-7-17/h3-4,9H,1-2,5-8H2,(H,16,20). The molecule has 0 unspecified atom stereocenters. The van der Waals surface area contributed by atoms with Crippen LogP contribution in [0.1, 0.15) is 19.3 Å². The zero-order valence-electron chi connectivity index (χ0n) is 11.1. The van der Waals surface area contributed by atoms with Gasteiger partial charge in [0.25, 0.3) is 0 Å². The van der Waals surface area contributed by atoms with Crippen molar-refractivity contribution in [3.05, 3.63) is 27.4 Å². The second-order valence-electron chi connectivity index (χ2n) is 5.08. The highest BCUT2D eigenvalue weighted by Crippen LogP contribution is 2.20. The lowest BCUT2D eigenvalue weighted by atomic mass is 10.3. The Hall–Kier alpha value is -1.14. The second kappa shape index (κ2) is 5.69. The maximum absolute atomic E-state index is 12.1. The Kier molecular flexibility index (Phi) is 3.94. The second-order valence-corrected chi connectivity index (χ2v) is 6.38. The zero-order chi connectivity index (χ0) is 14.1. The van der Waals surface area contributed by atoms with Gasteiger partial charge in [-0.3, -0.25) is 4.79 Å². The normalized spacial score (nSPS) is 15.2. The van der Waals surface area contributed by atoms with E-state index in [0.717, 1.165) is 41.4 Å². The summed E-state index contributed by atoms with van der Waals surface area (Å²) in [6, 6.07) is 6.00. The third-order valence-electron chi connectivity index (χ3n) is 3.75. The number of aryl methyl sites for hydroxylation is 1. The Morgan fingerprint density at radius 3 is 2.85 bits per heavy atom. The van der Waals surface area contributed by atoms with E-state index in [4.69, 9.17) is 12.2 Å². The van der Waals surface area contributed by atoms with Crippen LogP contribution in [0.25, 0.3) is 11.0 Å². The molecule has 2 heterocycles. The Morgan fingerprint density at radius 2 is 2.10 bits per heavy atom. The molecule has 0 radical (unpaired) electrons. The van der Waals surface area contributed by atoms with Gasteiger partial charge >= 0.3 is 0 Å². The van der Waals surface area contributed by atoms with Crippen LogP contribution in [0.4, 0.5) is 0 Å². The molecule has 0 saturated carbocycles. The van der Waals surface area contributed by atoms with Crippen LogP contribution in [0.2, 0.25) is 0 Å². The fraction of sp³-hybridized carbons (Fsp3) is 0.429. The van der Waals surface area contributed by atoms with Crippen LogP contribution >= 0.6 is 28.1 Å². The van der Waals surface area contributed by atoms with Crippen LogP contribution in [0, 0.1) is 4.77 Å². The van der Waals surface area contributed by atoms with Gasteiger partial charge in [0.2, 0.25) is 5.91 Å². The number of nitrogens with one attached hydrogen (secondary N) is 1. The number of fused-ring (bicyclic) bond motifs is 1.